The lowest BCUT2D eigenvalue weighted by Crippen LogP contribution is -2.09. The van der Waals surface area contributed by atoms with Gasteiger partial charge in [-0.05, 0) is 30.2 Å². The van der Waals surface area contributed by atoms with E-state index in [0.29, 0.717) is 24.5 Å². The Morgan fingerprint density at radius 3 is 2.63 bits per heavy atom. The van der Waals surface area contributed by atoms with Crippen molar-refractivity contribution in [1.29, 1.82) is 0 Å². The van der Waals surface area contributed by atoms with Crippen LogP contribution in [0.25, 0.3) is 10.8 Å². The topological polar surface area (TPSA) is 35.5 Å². The zero-order valence-electron chi connectivity index (χ0n) is 11.3. The first kappa shape index (κ1) is 13.4. The second-order valence-electron chi connectivity index (χ2n) is 4.23. The molecule has 0 saturated heterocycles. The van der Waals surface area contributed by atoms with Crippen LogP contribution in [0, 0.1) is 0 Å². The van der Waals surface area contributed by atoms with Gasteiger partial charge in [-0.2, -0.15) is 0 Å². The summed E-state index contributed by atoms with van der Waals surface area (Å²) in [5, 5.41) is 1.88. The molecule has 0 N–H and O–H groups in total. The fourth-order valence-electron chi connectivity index (χ4n) is 2.00. The van der Waals surface area contributed by atoms with Crippen LogP contribution in [0.4, 0.5) is 0 Å². The normalized spacial score (nSPS) is 10.4. The van der Waals surface area contributed by atoms with E-state index in [1.54, 1.807) is 6.92 Å². The number of fused-ring (bicyclic) bond motifs is 1. The highest BCUT2D eigenvalue weighted by molar-refractivity contribution is 6.07. The minimum atomic E-state index is -0.328. The van der Waals surface area contributed by atoms with E-state index in [2.05, 4.69) is 0 Å². The van der Waals surface area contributed by atoms with Crippen molar-refractivity contribution in [1.82, 2.24) is 0 Å². The van der Waals surface area contributed by atoms with E-state index < -0.39 is 0 Å². The van der Waals surface area contributed by atoms with E-state index >= 15 is 0 Å². The Balaban J connectivity index is 2.54. The molecule has 0 heterocycles. The first-order valence-electron chi connectivity index (χ1n) is 6.59. The molecule has 2 rings (SSSR count). The fraction of sp³-hybridized carbons (Fsp3) is 0.312. The average Bonchev–Trinajstić information content (AvgIpc) is 2.44. The first-order valence-corrected chi connectivity index (χ1v) is 6.59. The number of hydrogen-bond acceptors (Lipinski definition) is 3. The molecule has 100 valence electrons. The summed E-state index contributed by atoms with van der Waals surface area (Å²) in [6.45, 7) is 4.78. The van der Waals surface area contributed by atoms with Crippen molar-refractivity contribution in [3.8, 4) is 5.75 Å². The van der Waals surface area contributed by atoms with Crippen molar-refractivity contribution in [2.45, 2.75) is 20.3 Å². The molecule has 0 spiro atoms. The summed E-state index contributed by atoms with van der Waals surface area (Å²) in [7, 11) is 0. The maximum atomic E-state index is 12.1. The molecule has 0 aliphatic rings. The van der Waals surface area contributed by atoms with E-state index in [-0.39, 0.29) is 5.97 Å². The number of hydrogen-bond donors (Lipinski definition) is 0. The molecule has 3 nitrogen and oxygen atoms in total. The van der Waals surface area contributed by atoms with Gasteiger partial charge in [0.1, 0.15) is 11.3 Å². The highest BCUT2D eigenvalue weighted by Crippen LogP contribution is 2.29. The van der Waals surface area contributed by atoms with Gasteiger partial charge < -0.3 is 9.47 Å². The Hall–Kier alpha value is -2.03. The highest BCUT2D eigenvalue weighted by Gasteiger charge is 2.17. The number of rotatable bonds is 5. The number of carbonyl (C=O) groups excluding carboxylic acids is 1. The molecule has 0 amide bonds. The van der Waals surface area contributed by atoms with Gasteiger partial charge in [0, 0.05) is 0 Å². The predicted octanol–water partition coefficient (Wildman–Crippen LogP) is 3.81. The third kappa shape index (κ3) is 2.87. The summed E-state index contributed by atoms with van der Waals surface area (Å²) in [5.74, 6) is 0.268. The van der Waals surface area contributed by atoms with Crippen LogP contribution in [-0.2, 0) is 4.74 Å². The summed E-state index contributed by atoms with van der Waals surface area (Å²) in [6, 6.07) is 11.5. The van der Waals surface area contributed by atoms with Crippen LogP contribution in [0.5, 0.6) is 5.75 Å². The standard InChI is InChI=1S/C16H18O3/c1-3-11-19-14-10-9-12-7-5-6-8-13(12)15(14)16(17)18-4-2/h5-10H,3-4,11H2,1-2H3. The lowest BCUT2D eigenvalue weighted by Gasteiger charge is -2.12. The quantitative estimate of drug-likeness (QED) is 0.765. The Bertz CT molecular complexity index is 575. The highest BCUT2D eigenvalue weighted by atomic mass is 16.5. The lowest BCUT2D eigenvalue weighted by molar-refractivity contribution is 0.0524. The van der Waals surface area contributed by atoms with Gasteiger partial charge in [-0.25, -0.2) is 4.79 Å². The van der Waals surface area contributed by atoms with Crippen LogP contribution in [0.1, 0.15) is 30.6 Å². The first-order chi connectivity index (χ1) is 9.27. The van der Waals surface area contributed by atoms with E-state index in [4.69, 9.17) is 9.47 Å². The molecule has 0 atom stereocenters. The third-order valence-corrected chi connectivity index (χ3v) is 2.83. The lowest BCUT2D eigenvalue weighted by atomic mass is 10.0. The smallest absolute Gasteiger partial charge is 0.342 e. The number of carbonyl (C=O) groups is 1. The van der Waals surface area contributed by atoms with Crippen LogP contribution < -0.4 is 4.74 Å². The van der Waals surface area contributed by atoms with Crippen molar-refractivity contribution < 1.29 is 14.3 Å². The Kier molecular flexibility index (Phi) is 4.39. The van der Waals surface area contributed by atoms with Gasteiger partial charge in [0.05, 0.1) is 13.2 Å². The summed E-state index contributed by atoms with van der Waals surface area (Å²) in [4.78, 5) is 12.1. The molecule has 0 unspecified atom stereocenters. The van der Waals surface area contributed by atoms with Gasteiger partial charge >= 0.3 is 5.97 Å². The van der Waals surface area contributed by atoms with Gasteiger partial charge in [0.25, 0.3) is 0 Å². The van der Waals surface area contributed by atoms with Crippen molar-refractivity contribution in [2.24, 2.45) is 0 Å². The van der Waals surface area contributed by atoms with Gasteiger partial charge in [0.2, 0.25) is 0 Å². The summed E-state index contributed by atoms with van der Waals surface area (Å²) in [5.41, 5.74) is 0.522. The average molecular weight is 258 g/mol. The zero-order chi connectivity index (χ0) is 13.7. The third-order valence-electron chi connectivity index (χ3n) is 2.83. The molecule has 2 aromatic rings. The van der Waals surface area contributed by atoms with Crippen LogP contribution >= 0.6 is 0 Å². The molecule has 0 aliphatic carbocycles. The molecule has 19 heavy (non-hydrogen) atoms. The fourth-order valence-corrected chi connectivity index (χ4v) is 2.00. The predicted molar refractivity (Wildman–Crippen MR) is 75.7 cm³/mol. The van der Waals surface area contributed by atoms with Crippen LogP contribution in [0.2, 0.25) is 0 Å². The molecule has 0 aliphatic heterocycles. The minimum absolute atomic E-state index is 0.328. The molecule has 0 aromatic heterocycles. The van der Waals surface area contributed by atoms with Gasteiger partial charge in [-0.15, -0.1) is 0 Å². The Morgan fingerprint density at radius 1 is 1.11 bits per heavy atom. The zero-order valence-corrected chi connectivity index (χ0v) is 11.3. The van der Waals surface area contributed by atoms with Gasteiger partial charge in [-0.1, -0.05) is 37.3 Å². The Morgan fingerprint density at radius 2 is 1.89 bits per heavy atom. The van der Waals surface area contributed by atoms with Crippen LogP contribution in [0.15, 0.2) is 36.4 Å². The molecule has 0 bridgehead atoms. The van der Waals surface area contributed by atoms with Crippen LogP contribution in [0.3, 0.4) is 0 Å². The van der Waals surface area contributed by atoms with Crippen LogP contribution in [-0.4, -0.2) is 19.2 Å². The number of ether oxygens (including phenoxy) is 2. The molecule has 0 radical (unpaired) electrons. The van der Waals surface area contributed by atoms with Crippen molar-refractivity contribution in [3.63, 3.8) is 0 Å². The minimum Gasteiger partial charge on any atom is -0.493 e. The molecular formula is C16H18O3. The molecular weight excluding hydrogens is 240 g/mol. The molecule has 3 heteroatoms. The van der Waals surface area contributed by atoms with E-state index in [1.807, 2.05) is 43.3 Å². The maximum Gasteiger partial charge on any atom is 0.342 e. The SMILES string of the molecule is CCCOc1ccc2ccccc2c1C(=O)OCC. The van der Waals surface area contributed by atoms with E-state index in [0.717, 1.165) is 17.2 Å². The van der Waals surface area contributed by atoms with Crippen molar-refractivity contribution in [3.05, 3.63) is 42.0 Å². The van der Waals surface area contributed by atoms with Crippen molar-refractivity contribution in [2.75, 3.05) is 13.2 Å². The second-order valence-corrected chi connectivity index (χ2v) is 4.23. The van der Waals surface area contributed by atoms with Gasteiger partial charge in [0.15, 0.2) is 0 Å². The molecule has 0 saturated carbocycles. The van der Waals surface area contributed by atoms with E-state index in [9.17, 15) is 4.79 Å². The number of esters is 1. The molecule has 0 fully saturated rings. The maximum absolute atomic E-state index is 12.1. The monoisotopic (exact) mass is 258 g/mol. The van der Waals surface area contributed by atoms with E-state index in [1.165, 1.54) is 0 Å². The summed E-state index contributed by atoms with van der Waals surface area (Å²) >= 11 is 0. The largest absolute Gasteiger partial charge is 0.493 e. The molecule has 2 aromatic carbocycles. The Labute approximate surface area is 113 Å². The van der Waals surface area contributed by atoms with Crippen molar-refractivity contribution >= 4 is 16.7 Å². The summed E-state index contributed by atoms with van der Waals surface area (Å²) in [6.07, 6.45) is 0.898. The summed E-state index contributed by atoms with van der Waals surface area (Å²) < 4.78 is 10.8. The second kappa shape index (κ2) is 6.23. The van der Waals surface area contributed by atoms with Gasteiger partial charge in [-0.3, -0.25) is 0 Å². The number of benzene rings is 2.